The van der Waals surface area contributed by atoms with E-state index in [1.54, 1.807) is 6.08 Å². The highest BCUT2D eigenvalue weighted by molar-refractivity contribution is 7.80. The standard InChI is InChI=1S/C8H12S/c1-4-6-8(5-2)7(3)9/h4,6H,1,5H2,2-3H3/b8-6+. The number of hydrogen-bond donors (Lipinski definition) is 0. The lowest BCUT2D eigenvalue weighted by molar-refractivity contribution is 1.18. The van der Waals surface area contributed by atoms with E-state index in [1.807, 2.05) is 13.0 Å². The Labute approximate surface area is 62.3 Å². The molecule has 0 aliphatic heterocycles. The van der Waals surface area contributed by atoms with Crippen LogP contribution in [0.5, 0.6) is 0 Å². The number of thiocarbonyl (C=S) groups is 1. The van der Waals surface area contributed by atoms with Crippen LogP contribution in [0, 0.1) is 0 Å². The van der Waals surface area contributed by atoms with Crippen molar-refractivity contribution in [2.75, 3.05) is 0 Å². The SMILES string of the molecule is C=C/C=C(\CC)C(C)=S. The molecule has 9 heavy (non-hydrogen) atoms. The molecule has 1 heteroatoms. The predicted molar refractivity (Wildman–Crippen MR) is 46.8 cm³/mol. The average Bonchev–Trinajstić information content (AvgIpc) is 1.82. The van der Waals surface area contributed by atoms with Crippen LogP contribution in [0.3, 0.4) is 0 Å². The van der Waals surface area contributed by atoms with Gasteiger partial charge in [-0.05, 0) is 18.9 Å². The summed E-state index contributed by atoms with van der Waals surface area (Å²) in [6.45, 7) is 7.62. The van der Waals surface area contributed by atoms with Crippen molar-refractivity contribution in [2.45, 2.75) is 20.3 Å². The van der Waals surface area contributed by atoms with E-state index in [2.05, 4.69) is 13.5 Å². The zero-order valence-corrected chi connectivity index (χ0v) is 6.79. The second-order valence-electron chi connectivity index (χ2n) is 1.84. The molecule has 0 heterocycles. The highest BCUT2D eigenvalue weighted by atomic mass is 32.1. The molecule has 0 spiro atoms. The molecule has 50 valence electrons. The molecule has 0 unspecified atom stereocenters. The fraction of sp³-hybridized carbons (Fsp3) is 0.375. The molecule has 0 radical (unpaired) electrons. The van der Waals surface area contributed by atoms with E-state index in [-0.39, 0.29) is 0 Å². The minimum Gasteiger partial charge on any atom is -0.0991 e. The molecule has 0 aliphatic rings. The van der Waals surface area contributed by atoms with Crippen molar-refractivity contribution in [2.24, 2.45) is 0 Å². The third kappa shape index (κ3) is 3.20. The van der Waals surface area contributed by atoms with E-state index in [9.17, 15) is 0 Å². The molecule has 0 rings (SSSR count). The molecule has 0 saturated carbocycles. The second-order valence-corrected chi connectivity index (χ2v) is 2.45. The lowest BCUT2D eigenvalue weighted by atomic mass is 10.1. The summed E-state index contributed by atoms with van der Waals surface area (Å²) in [7, 11) is 0. The van der Waals surface area contributed by atoms with Crippen molar-refractivity contribution in [1.82, 2.24) is 0 Å². The van der Waals surface area contributed by atoms with Crippen molar-refractivity contribution >= 4 is 17.1 Å². The summed E-state index contributed by atoms with van der Waals surface area (Å²) in [5.41, 5.74) is 1.21. The van der Waals surface area contributed by atoms with Gasteiger partial charge in [0.2, 0.25) is 0 Å². The normalized spacial score (nSPS) is 11.1. The molecule has 0 atom stereocenters. The molecule has 0 bridgehead atoms. The lowest BCUT2D eigenvalue weighted by Crippen LogP contribution is -1.90. The Balaban J connectivity index is 4.14. The number of allylic oxidation sites excluding steroid dienone is 3. The maximum Gasteiger partial charge on any atom is 0.0153 e. The number of rotatable bonds is 3. The Morgan fingerprint density at radius 3 is 2.33 bits per heavy atom. The molecule has 0 aromatic rings. The summed E-state index contributed by atoms with van der Waals surface area (Å²) < 4.78 is 0. The molecule has 0 amide bonds. The van der Waals surface area contributed by atoms with Crippen LogP contribution in [0.15, 0.2) is 24.3 Å². The second kappa shape index (κ2) is 4.45. The molecule has 0 aromatic heterocycles. The Hall–Kier alpha value is -0.430. The third-order valence-electron chi connectivity index (χ3n) is 1.15. The van der Waals surface area contributed by atoms with Gasteiger partial charge in [0.25, 0.3) is 0 Å². The van der Waals surface area contributed by atoms with Gasteiger partial charge in [0.15, 0.2) is 0 Å². The van der Waals surface area contributed by atoms with Crippen LogP contribution in [-0.2, 0) is 0 Å². The minimum absolute atomic E-state index is 0.970. The number of hydrogen-bond acceptors (Lipinski definition) is 1. The first kappa shape index (κ1) is 8.57. The molecule has 0 aliphatic carbocycles. The first-order chi connectivity index (χ1) is 4.22. The molecule has 0 N–H and O–H groups in total. The Morgan fingerprint density at radius 2 is 2.22 bits per heavy atom. The van der Waals surface area contributed by atoms with Crippen LogP contribution in [0.4, 0.5) is 0 Å². The maximum absolute atomic E-state index is 4.97. The van der Waals surface area contributed by atoms with E-state index in [0.29, 0.717) is 0 Å². The van der Waals surface area contributed by atoms with Gasteiger partial charge in [-0.1, -0.05) is 37.9 Å². The Morgan fingerprint density at radius 1 is 1.67 bits per heavy atom. The molecular weight excluding hydrogens is 128 g/mol. The largest absolute Gasteiger partial charge is 0.0991 e. The minimum atomic E-state index is 0.970. The third-order valence-corrected chi connectivity index (χ3v) is 1.41. The van der Waals surface area contributed by atoms with Crippen molar-refractivity contribution in [1.29, 1.82) is 0 Å². The van der Waals surface area contributed by atoms with Crippen molar-refractivity contribution in [3.05, 3.63) is 24.3 Å². The quantitative estimate of drug-likeness (QED) is 0.330. The summed E-state index contributed by atoms with van der Waals surface area (Å²) in [6.07, 6.45) is 4.73. The highest BCUT2D eigenvalue weighted by Gasteiger charge is 1.91. The Kier molecular flexibility index (Phi) is 4.24. The van der Waals surface area contributed by atoms with Crippen LogP contribution < -0.4 is 0 Å². The van der Waals surface area contributed by atoms with E-state index in [0.717, 1.165) is 11.3 Å². The molecule has 0 saturated heterocycles. The van der Waals surface area contributed by atoms with Gasteiger partial charge >= 0.3 is 0 Å². The lowest BCUT2D eigenvalue weighted by Gasteiger charge is -1.96. The highest BCUT2D eigenvalue weighted by Crippen LogP contribution is 2.02. The van der Waals surface area contributed by atoms with Gasteiger partial charge < -0.3 is 0 Å². The summed E-state index contributed by atoms with van der Waals surface area (Å²) in [6, 6.07) is 0. The van der Waals surface area contributed by atoms with E-state index in [1.165, 1.54) is 5.57 Å². The fourth-order valence-corrected chi connectivity index (χ4v) is 0.839. The smallest absolute Gasteiger partial charge is 0.0153 e. The van der Waals surface area contributed by atoms with E-state index in [4.69, 9.17) is 12.2 Å². The predicted octanol–water partition coefficient (Wildman–Crippen LogP) is 2.90. The Bertz CT molecular complexity index is 143. The van der Waals surface area contributed by atoms with Crippen LogP contribution in [-0.4, -0.2) is 4.86 Å². The molecule has 0 fully saturated rings. The van der Waals surface area contributed by atoms with Crippen LogP contribution in [0.25, 0.3) is 0 Å². The average molecular weight is 140 g/mol. The van der Waals surface area contributed by atoms with Crippen molar-refractivity contribution in [3.63, 3.8) is 0 Å². The first-order valence-corrected chi connectivity index (χ1v) is 3.45. The summed E-state index contributed by atoms with van der Waals surface area (Å²) in [5, 5.41) is 0. The summed E-state index contributed by atoms with van der Waals surface area (Å²) in [5.74, 6) is 0. The zero-order chi connectivity index (χ0) is 7.28. The van der Waals surface area contributed by atoms with E-state index < -0.39 is 0 Å². The maximum atomic E-state index is 4.97. The van der Waals surface area contributed by atoms with Gasteiger partial charge in [-0.2, -0.15) is 0 Å². The fourth-order valence-electron chi connectivity index (χ4n) is 0.626. The summed E-state index contributed by atoms with van der Waals surface area (Å²) in [4.78, 5) is 0.970. The van der Waals surface area contributed by atoms with Crippen LogP contribution in [0.2, 0.25) is 0 Å². The first-order valence-electron chi connectivity index (χ1n) is 3.05. The molecule has 0 nitrogen and oxygen atoms in total. The van der Waals surface area contributed by atoms with Gasteiger partial charge in [0.05, 0.1) is 0 Å². The van der Waals surface area contributed by atoms with E-state index >= 15 is 0 Å². The van der Waals surface area contributed by atoms with Gasteiger partial charge in [-0.25, -0.2) is 0 Å². The van der Waals surface area contributed by atoms with Crippen LogP contribution >= 0.6 is 12.2 Å². The zero-order valence-electron chi connectivity index (χ0n) is 5.98. The molecule has 0 aromatic carbocycles. The monoisotopic (exact) mass is 140 g/mol. The van der Waals surface area contributed by atoms with Crippen LogP contribution in [0.1, 0.15) is 20.3 Å². The van der Waals surface area contributed by atoms with Gasteiger partial charge in [0, 0.05) is 4.86 Å². The van der Waals surface area contributed by atoms with Crippen molar-refractivity contribution < 1.29 is 0 Å². The topological polar surface area (TPSA) is 0 Å². The van der Waals surface area contributed by atoms with Gasteiger partial charge in [-0.3, -0.25) is 0 Å². The van der Waals surface area contributed by atoms with Gasteiger partial charge in [0.1, 0.15) is 0 Å². The van der Waals surface area contributed by atoms with Crippen molar-refractivity contribution in [3.8, 4) is 0 Å². The van der Waals surface area contributed by atoms with Gasteiger partial charge in [-0.15, -0.1) is 0 Å². The molecular formula is C8H12S. The summed E-state index contributed by atoms with van der Waals surface area (Å²) >= 11 is 4.97.